The van der Waals surface area contributed by atoms with E-state index in [2.05, 4.69) is 5.32 Å². The number of nitrogens with one attached hydrogen (secondary N) is 1. The molecule has 0 aliphatic heterocycles. The Morgan fingerprint density at radius 1 is 1.19 bits per heavy atom. The number of rotatable bonds is 2. The molecule has 3 nitrogen and oxygen atoms in total. The third-order valence-corrected chi connectivity index (χ3v) is 3.95. The van der Waals surface area contributed by atoms with E-state index >= 15 is 0 Å². The van der Waals surface area contributed by atoms with Crippen LogP contribution in [0, 0.1) is 17.5 Å². The van der Waals surface area contributed by atoms with Gasteiger partial charge in [-0.2, -0.15) is 0 Å². The van der Waals surface area contributed by atoms with Gasteiger partial charge in [0.05, 0.1) is 5.56 Å². The number of hydrogen-bond donors (Lipinski definition) is 2. The van der Waals surface area contributed by atoms with Gasteiger partial charge in [-0.1, -0.05) is 0 Å². The summed E-state index contributed by atoms with van der Waals surface area (Å²) < 4.78 is 41.0. The van der Waals surface area contributed by atoms with Crippen LogP contribution in [-0.2, 0) is 10.3 Å². The van der Waals surface area contributed by atoms with Gasteiger partial charge in [-0.25, -0.2) is 13.2 Å². The van der Waals surface area contributed by atoms with Gasteiger partial charge in [-0.05, 0) is 33.2 Å². The molecule has 0 saturated heterocycles. The zero-order valence-electron chi connectivity index (χ0n) is 11.7. The van der Waals surface area contributed by atoms with Crippen molar-refractivity contribution in [2.75, 3.05) is 7.05 Å². The molecule has 1 aromatic rings. The number of likely N-dealkylation sites (N-methyl/N-ethyl adjacent to an activating group) is 1. The van der Waals surface area contributed by atoms with Crippen LogP contribution in [-0.4, -0.2) is 23.5 Å². The molecule has 118 valence electrons. The first-order chi connectivity index (χ1) is 9.24. The van der Waals surface area contributed by atoms with Gasteiger partial charge in [0.1, 0.15) is 28.6 Å². The van der Waals surface area contributed by atoms with E-state index in [4.69, 9.17) is 0 Å². The maximum absolute atomic E-state index is 14.0. The van der Waals surface area contributed by atoms with Crippen molar-refractivity contribution in [1.29, 1.82) is 0 Å². The first kappa shape index (κ1) is 17.9. The van der Waals surface area contributed by atoms with Crippen molar-refractivity contribution in [1.82, 2.24) is 5.32 Å². The van der Waals surface area contributed by atoms with Gasteiger partial charge in [0.2, 0.25) is 0 Å². The van der Waals surface area contributed by atoms with Gasteiger partial charge in [0.15, 0.2) is 5.78 Å². The van der Waals surface area contributed by atoms with Crippen molar-refractivity contribution in [3.63, 3.8) is 0 Å². The molecular weight excluding hydrogens is 307 g/mol. The van der Waals surface area contributed by atoms with Gasteiger partial charge >= 0.3 is 0 Å². The standard InChI is InChI=1S/C14H16F3NO2.ClH/c1-13(20)4-3-5-14(18-2,12(13)19)11-9(16)6-8(15)7-10(11)17;/h6-7,18,20H,3-5H2,1-2H3;1H/t13-,14+;/m0./s1. The highest BCUT2D eigenvalue weighted by molar-refractivity contribution is 5.97. The molecular formula is C14H17ClF3NO2. The topological polar surface area (TPSA) is 49.3 Å². The van der Waals surface area contributed by atoms with Crippen LogP contribution in [0.3, 0.4) is 0 Å². The molecule has 1 aliphatic carbocycles. The minimum absolute atomic E-state index is 0. The molecule has 21 heavy (non-hydrogen) atoms. The van der Waals surface area contributed by atoms with Crippen LogP contribution >= 0.6 is 12.4 Å². The number of halogens is 4. The average molecular weight is 324 g/mol. The van der Waals surface area contributed by atoms with Crippen molar-refractivity contribution in [2.45, 2.75) is 37.3 Å². The van der Waals surface area contributed by atoms with E-state index in [0.29, 0.717) is 18.6 Å². The normalized spacial score (nSPS) is 29.1. The van der Waals surface area contributed by atoms with Crippen LogP contribution < -0.4 is 5.32 Å². The van der Waals surface area contributed by atoms with Gasteiger partial charge in [-0.3, -0.25) is 4.79 Å². The molecule has 1 saturated carbocycles. The lowest BCUT2D eigenvalue weighted by Crippen LogP contribution is -2.59. The molecule has 1 fully saturated rings. The summed E-state index contributed by atoms with van der Waals surface area (Å²) in [7, 11) is 1.39. The molecule has 0 heterocycles. The SMILES string of the molecule is CN[C@@]1(c2c(F)cc(F)cc2F)CCC[C@](C)(O)C1=O.Cl. The number of carbonyl (C=O) groups excluding carboxylic acids is 1. The van der Waals surface area contributed by atoms with Gasteiger partial charge in [-0.15, -0.1) is 12.4 Å². The van der Waals surface area contributed by atoms with Crippen LogP contribution in [0.5, 0.6) is 0 Å². The second-order valence-electron chi connectivity index (χ2n) is 5.36. The number of benzene rings is 1. The fraction of sp³-hybridized carbons (Fsp3) is 0.500. The van der Waals surface area contributed by atoms with E-state index in [1.165, 1.54) is 14.0 Å². The first-order valence-corrected chi connectivity index (χ1v) is 6.36. The maximum Gasteiger partial charge on any atom is 0.188 e. The zero-order valence-corrected chi connectivity index (χ0v) is 12.5. The van der Waals surface area contributed by atoms with Gasteiger partial charge in [0.25, 0.3) is 0 Å². The lowest BCUT2D eigenvalue weighted by Gasteiger charge is -2.42. The van der Waals surface area contributed by atoms with Crippen molar-refractivity contribution < 1.29 is 23.1 Å². The molecule has 0 amide bonds. The minimum Gasteiger partial charge on any atom is -0.382 e. The monoisotopic (exact) mass is 323 g/mol. The van der Waals surface area contributed by atoms with E-state index in [1.54, 1.807) is 0 Å². The fourth-order valence-corrected chi connectivity index (χ4v) is 2.94. The van der Waals surface area contributed by atoms with Gasteiger partial charge < -0.3 is 10.4 Å². The number of hydrogen-bond acceptors (Lipinski definition) is 3. The first-order valence-electron chi connectivity index (χ1n) is 6.36. The van der Waals surface area contributed by atoms with Crippen LogP contribution in [0.1, 0.15) is 31.7 Å². The number of ketones is 1. The molecule has 0 bridgehead atoms. The Kier molecular flexibility index (Phi) is 5.08. The maximum atomic E-state index is 14.0. The highest BCUT2D eigenvalue weighted by Gasteiger charge is 2.52. The highest BCUT2D eigenvalue weighted by atomic mass is 35.5. The Morgan fingerprint density at radius 3 is 2.19 bits per heavy atom. The summed E-state index contributed by atoms with van der Waals surface area (Å²) in [4.78, 5) is 12.5. The lowest BCUT2D eigenvalue weighted by molar-refractivity contribution is -0.148. The van der Waals surface area contributed by atoms with E-state index in [-0.39, 0.29) is 25.2 Å². The summed E-state index contributed by atoms with van der Waals surface area (Å²) in [6.45, 7) is 1.32. The van der Waals surface area contributed by atoms with Crippen LogP contribution in [0.4, 0.5) is 13.2 Å². The molecule has 1 aliphatic rings. The fourth-order valence-electron chi connectivity index (χ4n) is 2.94. The zero-order chi connectivity index (χ0) is 15.1. The Hall–Kier alpha value is -1.11. The van der Waals surface area contributed by atoms with E-state index in [9.17, 15) is 23.1 Å². The molecule has 2 atom stereocenters. The van der Waals surface area contributed by atoms with E-state index < -0.39 is 39.9 Å². The highest BCUT2D eigenvalue weighted by Crippen LogP contribution is 2.41. The quantitative estimate of drug-likeness (QED) is 0.879. The smallest absolute Gasteiger partial charge is 0.188 e. The summed E-state index contributed by atoms with van der Waals surface area (Å²) in [5.41, 5.74) is -3.88. The van der Waals surface area contributed by atoms with Crippen LogP contribution in [0.15, 0.2) is 12.1 Å². The third-order valence-electron chi connectivity index (χ3n) is 3.95. The molecule has 1 aromatic carbocycles. The van der Waals surface area contributed by atoms with Crippen molar-refractivity contribution in [3.05, 3.63) is 35.1 Å². The van der Waals surface area contributed by atoms with Crippen LogP contribution in [0.25, 0.3) is 0 Å². The Morgan fingerprint density at radius 2 is 1.71 bits per heavy atom. The van der Waals surface area contributed by atoms with Crippen molar-refractivity contribution in [2.24, 2.45) is 0 Å². The molecule has 0 radical (unpaired) electrons. The summed E-state index contributed by atoms with van der Waals surface area (Å²) >= 11 is 0. The van der Waals surface area contributed by atoms with E-state index in [1.807, 2.05) is 0 Å². The molecule has 2 N–H and O–H groups in total. The molecule has 2 rings (SSSR count). The number of carbonyl (C=O) groups is 1. The predicted octanol–water partition coefficient (Wildman–Crippen LogP) is 2.44. The molecule has 0 unspecified atom stereocenters. The largest absolute Gasteiger partial charge is 0.382 e. The second kappa shape index (κ2) is 5.94. The Balaban J connectivity index is 0.00000220. The Bertz CT molecular complexity index is 542. The second-order valence-corrected chi connectivity index (χ2v) is 5.36. The Labute approximate surface area is 127 Å². The number of Topliss-reactive ketones (excluding diaryl/α,β-unsaturated/α-hetero) is 1. The summed E-state index contributed by atoms with van der Waals surface area (Å²) in [6.07, 6.45) is 0.771. The molecule has 0 aromatic heterocycles. The minimum atomic E-state index is -1.68. The van der Waals surface area contributed by atoms with Crippen LogP contribution in [0.2, 0.25) is 0 Å². The summed E-state index contributed by atoms with van der Waals surface area (Å²) in [5, 5.41) is 12.7. The summed E-state index contributed by atoms with van der Waals surface area (Å²) in [6, 6.07) is 1.07. The van der Waals surface area contributed by atoms with Gasteiger partial charge in [0, 0.05) is 12.1 Å². The molecule has 0 spiro atoms. The van der Waals surface area contributed by atoms with E-state index in [0.717, 1.165) is 0 Å². The average Bonchev–Trinajstić information content (AvgIpc) is 2.33. The third kappa shape index (κ3) is 2.80. The van der Waals surface area contributed by atoms with Crippen molar-refractivity contribution >= 4 is 18.2 Å². The number of aliphatic hydroxyl groups is 1. The lowest BCUT2D eigenvalue weighted by atomic mass is 9.69. The summed E-state index contributed by atoms with van der Waals surface area (Å²) in [5.74, 6) is -4.03. The predicted molar refractivity (Wildman–Crippen MR) is 73.8 cm³/mol. The molecule has 7 heteroatoms. The van der Waals surface area contributed by atoms with Crippen molar-refractivity contribution in [3.8, 4) is 0 Å².